The quantitative estimate of drug-likeness (QED) is 0.503. The van der Waals surface area contributed by atoms with Crippen molar-refractivity contribution in [3.8, 4) is 0 Å². The van der Waals surface area contributed by atoms with E-state index in [0.717, 1.165) is 0 Å². The van der Waals surface area contributed by atoms with Gasteiger partial charge in [-0.1, -0.05) is 6.92 Å². The second-order valence-electron chi connectivity index (χ2n) is 4.55. The molecule has 0 unspecified atom stereocenters. The fourth-order valence-electron chi connectivity index (χ4n) is 1.53. The molecule has 7 nitrogen and oxygen atoms in total. The van der Waals surface area contributed by atoms with Gasteiger partial charge in [0.2, 0.25) is 11.7 Å². The molecule has 22 heavy (non-hydrogen) atoms. The van der Waals surface area contributed by atoms with Crippen molar-refractivity contribution in [1.82, 2.24) is 10.6 Å². The number of nitrogens with one attached hydrogen (secondary N) is 3. The highest BCUT2D eigenvalue weighted by Crippen LogP contribution is 2.09. The zero-order valence-corrected chi connectivity index (χ0v) is 12.6. The van der Waals surface area contributed by atoms with E-state index in [0.29, 0.717) is 30.8 Å². The van der Waals surface area contributed by atoms with Crippen molar-refractivity contribution < 1.29 is 19.2 Å². The van der Waals surface area contributed by atoms with Gasteiger partial charge in [-0.25, -0.2) is 0 Å². The first kappa shape index (κ1) is 17.4. The van der Waals surface area contributed by atoms with Gasteiger partial charge in [-0.3, -0.25) is 19.2 Å². The summed E-state index contributed by atoms with van der Waals surface area (Å²) in [5.41, 5.74) is 0.856. The molecule has 0 aliphatic carbocycles. The Balaban J connectivity index is 2.45. The highest BCUT2D eigenvalue weighted by Gasteiger charge is 2.09. The molecule has 0 saturated heterocycles. The van der Waals surface area contributed by atoms with Crippen LogP contribution < -0.4 is 16.0 Å². The summed E-state index contributed by atoms with van der Waals surface area (Å²) in [6.07, 6.45) is 0.404. The van der Waals surface area contributed by atoms with Crippen LogP contribution in [0.25, 0.3) is 0 Å². The molecule has 118 valence electrons. The lowest BCUT2D eigenvalue weighted by atomic mass is 10.2. The summed E-state index contributed by atoms with van der Waals surface area (Å²) in [5, 5.41) is 7.72. The van der Waals surface area contributed by atoms with Gasteiger partial charge in [-0.15, -0.1) is 0 Å². The maximum absolute atomic E-state index is 11.8. The molecule has 0 atom stereocenters. The number of hydrogen-bond donors (Lipinski definition) is 3. The second-order valence-corrected chi connectivity index (χ2v) is 4.55. The summed E-state index contributed by atoms with van der Waals surface area (Å²) in [6.45, 7) is 3.62. The van der Waals surface area contributed by atoms with Crippen molar-refractivity contribution in [3.05, 3.63) is 29.8 Å². The van der Waals surface area contributed by atoms with Gasteiger partial charge in [-0.2, -0.15) is 0 Å². The van der Waals surface area contributed by atoms with Gasteiger partial charge in [0.15, 0.2) is 0 Å². The first-order valence-corrected chi connectivity index (χ1v) is 6.91. The average Bonchev–Trinajstić information content (AvgIpc) is 2.51. The molecule has 0 aliphatic rings. The van der Waals surface area contributed by atoms with Crippen LogP contribution in [-0.4, -0.2) is 36.6 Å². The normalized spacial score (nSPS) is 9.73. The van der Waals surface area contributed by atoms with Crippen LogP contribution in [0, 0.1) is 0 Å². The Morgan fingerprint density at radius 2 is 1.55 bits per heavy atom. The molecule has 1 aromatic carbocycles. The molecule has 0 heterocycles. The van der Waals surface area contributed by atoms with E-state index in [1.54, 1.807) is 6.92 Å². The van der Waals surface area contributed by atoms with Crippen LogP contribution in [-0.2, 0) is 14.4 Å². The van der Waals surface area contributed by atoms with Crippen molar-refractivity contribution >= 4 is 29.2 Å². The van der Waals surface area contributed by atoms with E-state index in [1.165, 1.54) is 31.2 Å². The number of hydrogen-bond acceptors (Lipinski definition) is 4. The topological polar surface area (TPSA) is 104 Å². The van der Waals surface area contributed by atoms with E-state index >= 15 is 0 Å². The predicted molar refractivity (Wildman–Crippen MR) is 81.4 cm³/mol. The maximum atomic E-state index is 11.8. The number of amides is 3. The molecule has 3 N–H and O–H groups in total. The Hall–Kier alpha value is -2.70. The van der Waals surface area contributed by atoms with E-state index in [4.69, 9.17) is 0 Å². The zero-order valence-electron chi connectivity index (χ0n) is 12.6. The number of carbonyl (C=O) groups excluding carboxylic acids is 4. The second kappa shape index (κ2) is 8.56. The van der Waals surface area contributed by atoms with Gasteiger partial charge in [0.05, 0.1) is 0 Å². The number of anilines is 1. The molecule has 0 bridgehead atoms. The summed E-state index contributed by atoms with van der Waals surface area (Å²) in [6, 6.07) is 6.15. The van der Waals surface area contributed by atoms with Crippen LogP contribution in [0.15, 0.2) is 24.3 Å². The summed E-state index contributed by atoms with van der Waals surface area (Å²) in [7, 11) is 0. The lowest BCUT2D eigenvalue weighted by molar-refractivity contribution is -0.133. The molecule has 0 aliphatic heterocycles. The Morgan fingerprint density at radius 3 is 2.09 bits per heavy atom. The van der Waals surface area contributed by atoms with Gasteiger partial charge < -0.3 is 16.0 Å². The largest absolute Gasteiger partial charge is 0.354 e. The minimum absolute atomic E-state index is 0.0696. The SMILES string of the molecule is CCC(=O)NCCNC(=O)c1ccc(NC(=O)C(C)=O)cc1. The highest BCUT2D eigenvalue weighted by atomic mass is 16.2. The molecule has 0 radical (unpaired) electrons. The third-order valence-corrected chi connectivity index (χ3v) is 2.78. The minimum atomic E-state index is -0.705. The Morgan fingerprint density at radius 1 is 0.955 bits per heavy atom. The van der Waals surface area contributed by atoms with Crippen molar-refractivity contribution in [3.63, 3.8) is 0 Å². The fraction of sp³-hybridized carbons (Fsp3) is 0.333. The van der Waals surface area contributed by atoms with Gasteiger partial charge >= 0.3 is 0 Å². The Bertz CT molecular complexity index is 567. The minimum Gasteiger partial charge on any atom is -0.354 e. The third kappa shape index (κ3) is 5.74. The third-order valence-electron chi connectivity index (χ3n) is 2.78. The summed E-state index contributed by atoms with van der Waals surface area (Å²) in [5.74, 6) is -1.64. The molecule has 0 aromatic heterocycles. The van der Waals surface area contributed by atoms with Crippen LogP contribution >= 0.6 is 0 Å². The van der Waals surface area contributed by atoms with Crippen LogP contribution in [0.1, 0.15) is 30.6 Å². The lowest BCUT2D eigenvalue weighted by Gasteiger charge is -2.07. The van der Waals surface area contributed by atoms with Gasteiger partial charge in [0.1, 0.15) is 0 Å². The number of carbonyl (C=O) groups is 4. The summed E-state index contributed by atoms with van der Waals surface area (Å²) >= 11 is 0. The molecule has 0 spiro atoms. The monoisotopic (exact) mass is 305 g/mol. The Labute approximate surface area is 128 Å². The number of ketones is 1. The van der Waals surface area contributed by atoms with Crippen molar-refractivity contribution in [1.29, 1.82) is 0 Å². The van der Waals surface area contributed by atoms with Gasteiger partial charge in [-0.05, 0) is 24.3 Å². The van der Waals surface area contributed by atoms with Crippen molar-refractivity contribution in [2.45, 2.75) is 20.3 Å². The maximum Gasteiger partial charge on any atom is 0.291 e. The number of Topliss-reactive ketones (excluding diaryl/α,β-unsaturated/α-hetero) is 1. The molecule has 1 aromatic rings. The van der Waals surface area contributed by atoms with Gasteiger partial charge in [0.25, 0.3) is 11.8 Å². The van der Waals surface area contributed by atoms with E-state index in [9.17, 15) is 19.2 Å². The molecule has 1 rings (SSSR count). The van der Waals surface area contributed by atoms with E-state index in [2.05, 4.69) is 16.0 Å². The standard InChI is InChI=1S/C15H19N3O4/c1-3-13(20)16-8-9-17-15(22)11-4-6-12(7-5-11)18-14(21)10(2)19/h4-7H,3,8-9H2,1-2H3,(H,16,20)(H,17,22)(H,18,21). The van der Waals surface area contributed by atoms with Crippen LogP contribution in [0.2, 0.25) is 0 Å². The molecule has 0 saturated carbocycles. The predicted octanol–water partition coefficient (Wildman–Crippen LogP) is 0.470. The fourth-order valence-corrected chi connectivity index (χ4v) is 1.53. The van der Waals surface area contributed by atoms with Crippen LogP contribution in [0.5, 0.6) is 0 Å². The molecule has 0 fully saturated rings. The summed E-state index contributed by atoms with van der Waals surface area (Å²) in [4.78, 5) is 44.9. The molecule has 7 heteroatoms. The van der Waals surface area contributed by atoms with E-state index in [-0.39, 0.29) is 11.8 Å². The molecular formula is C15H19N3O4. The van der Waals surface area contributed by atoms with Crippen LogP contribution in [0.3, 0.4) is 0 Å². The molecule has 3 amide bonds. The zero-order chi connectivity index (χ0) is 16.5. The Kier molecular flexibility index (Phi) is 6.75. The molecular weight excluding hydrogens is 286 g/mol. The van der Waals surface area contributed by atoms with Crippen LogP contribution in [0.4, 0.5) is 5.69 Å². The number of rotatable bonds is 7. The van der Waals surface area contributed by atoms with E-state index in [1.807, 2.05) is 0 Å². The average molecular weight is 305 g/mol. The smallest absolute Gasteiger partial charge is 0.291 e. The van der Waals surface area contributed by atoms with E-state index < -0.39 is 11.7 Å². The first-order chi connectivity index (χ1) is 10.4. The first-order valence-electron chi connectivity index (χ1n) is 6.91. The van der Waals surface area contributed by atoms with Crippen molar-refractivity contribution in [2.24, 2.45) is 0 Å². The van der Waals surface area contributed by atoms with Gasteiger partial charge in [0, 0.05) is 37.7 Å². The number of benzene rings is 1. The summed E-state index contributed by atoms with van der Waals surface area (Å²) < 4.78 is 0. The lowest BCUT2D eigenvalue weighted by Crippen LogP contribution is -2.34. The highest BCUT2D eigenvalue weighted by molar-refractivity contribution is 6.39. The van der Waals surface area contributed by atoms with Crippen molar-refractivity contribution in [2.75, 3.05) is 18.4 Å².